The molecule has 27 heavy (non-hydrogen) atoms. The molecule has 1 aromatic rings. The molecule has 1 heterocycles. The van der Waals surface area contributed by atoms with E-state index in [1.165, 1.54) is 19.1 Å². The summed E-state index contributed by atoms with van der Waals surface area (Å²) in [5, 5.41) is 2.87. The summed E-state index contributed by atoms with van der Waals surface area (Å²) in [6.07, 6.45) is 5.49. The van der Waals surface area contributed by atoms with E-state index in [-0.39, 0.29) is 18.0 Å². The van der Waals surface area contributed by atoms with E-state index in [1.54, 1.807) is 0 Å². The first-order valence-corrected chi connectivity index (χ1v) is 11.3. The number of nitrogens with one attached hydrogen (secondary N) is 1. The largest absolute Gasteiger partial charge is 0.468 e. The summed E-state index contributed by atoms with van der Waals surface area (Å²) in [6.45, 7) is 6.97. The number of carbonyl (C=O) groups excluding carboxylic acids is 1. The minimum Gasteiger partial charge on any atom is -0.468 e. The zero-order valence-electron chi connectivity index (χ0n) is 16.8. The molecule has 1 fully saturated rings. The van der Waals surface area contributed by atoms with Gasteiger partial charge in [0.1, 0.15) is 12.3 Å². The summed E-state index contributed by atoms with van der Waals surface area (Å²) < 4.78 is 26.4. The van der Waals surface area contributed by atoms with Crippen LogP contribution >= 0.6 is 7.67 Å². The highest BCUT2D eigenvalue weighted by molar-refractivity contribution is 7.54. The molecule has 0 bridgehead atoms. The highest BCUT2D eigenvalue weighted by Crippen LogP contribution is 2.55. The van der Waals surface area contributed by atoms with Crippen molar-refractivity contribution in [3.05, 3.63) is 29.3 Å². The number of methoxy groups -OCH3 is 1. The van der Waals surface area contributed by atoms with Gasteiger partial charge >= 0.3 is 13.6 Å². The van der Waals surface area contributed by atoms with E-state index >= 15 is 0 Å². The Bertz CT molecular complexity index is 738. The second-order valence-corrected chi connectivity index (χ2v) is 10.5. The number of rotatable bonds is 4. The van der Waals surface area contributed by atoms with Crippen LogP contribution in [-0.4, -0.2) is 30.3 Å². The lowest BCUT2D eigenvalue weighted by Gasteiger charge is -2.42. The van der Waals surface area contributed by atoms with Crippen LogP contribution in [0, 0.1) is 0 Å². The van der Waals surface area contributed by atoms with Crippen LogP contribution in [0.4, 0.5) is 0 Å². The minimum atomic E-state index is -3.36. The summed E-state index contributed by atoms with van der Waals surface area (Å²) in [4.78, 5) is 11.6. The molecule has 1 saturated carbocycles. The quantitative estimate of drug-likeness (QED) is 0.604. The zero-order valence-corrected chi connectivity index (χ0v) is 17.7. The molecule has 1 unspecified atom stereocenters. The van der Waals surface area contributed by atoms with Gasteiger partial charge in [0.15, 0.2) is 0 Å². The van der Waals surface area contributed by atoms with E-state index in [2.05, 4.69) is 31.9 Å². The van der Waals surface area contributed by atoms with Crippen molar-refractivity contribution >= 4 is 13.6 Å². The Labute approximate surface area is 162 Å². The molecule has 0 aromatic heterocycles. The number of nitrogens with zero attached hydrogens (tertiary/aromatic N) is 1. The molecule has 7 heteroatoms. The van der Waals surface area contributed by atoms with Gasteiger partial charge in [-0.25, -0.2) is 14.3 Å². The lowest BCUT2D eigenvalue weighted by molar-refractivity contribution is -0.139. The molecule has 1 aromatic carbocycles. The van der Waals surface area contributed by atoms with Crippen molar-refractivity contribution < 1.29 is 18.6 Å². The number of hydrogen-bond acceptors (Lipinski definition) is 4. The van der Waals surface area contributed by atoms with Crippen molar-refractivity contribution in [1.29, 1.82) is 0 Å². The van der Waals surface area contributed by atoms with Gasteiger partial charge in [-0.1, -0.05) is 52.2 Å². The highest BCUT2D eigenvalue weighted by atomic mass is 31.2. The van der Waals surface area contributed by atoms with Gasteiger partial charge in [0.2, 0.25) is 0 Å². The number of ether oxygens (including phenoxy) is 1. The number of carbonyl (C=O) groups is 1. The Morgan fingerprint density at radius 1 is 1.30 bits per heavy atom. The van der Waals surface area contributed by atoms with E-state index in [0.29, 0.717) is 12.3 Å². The minimum absolute atomic E-state index is 0.0367. The van der Waals surface area contributed by atoms with Crippen LogP contribution < -0.4 is 9.61 Å². The van der Waals surface area contributed by atoms with Crippen LogP contribution in [-0.2, 0) is 26.1 Å². The Balaban J connectivity index is 1.92. The monoisotopic (exact) mass is 394 g/mol. The van der Waals surface area contributed by atoms with Crippen molar-refractivity contribution in [1.82, 2.24) is 9.76 Å². The second-order valence-electron chi connectivity index (χ2n) is 8.48. The maximum absolute atomic E-state index is 13.7. The molecular weight excluding hydrogens is 363 g/mol. The SMILES string of the molecule is COC(=O)CNP1(=O)Oc2ccc(C(C)(C)C)cc2CN1C1CCCCC1. The third-order valence-corrected chi connectivity index (χ3v) is 7.61. The summed E-state index contributed by atoms with van der Waals surface area (Å²) in [7, 11) is -2.04. The zero-order chi connectivity index (χ0) is 19.7. The average Bonchev–Trinajstić information content (AvgIpc) is 2.65. The Hall–Kier alpha value is -1.36. The topological polar surface area (TPSA) is 67.9 Å². The highest BCUT2D eigenvalue weighted by Gasteiger charge is 2.43. The predicted octanol–water partition coefficient (Wildman–Crippen LogP) is 4.38. The number of benzene rings is 1. The van der Waals surface area contributed by atoms with E-state index in [0.717, 1.165) is 31.2 Å². The summed E-state index contributed by atoms with van der Waals surface area (Å²) >= 11 is 0. The smallest absolute Gasteiger partial charge is 0.394 e. The first-order valence-electron chi connectivity index (χ1n) is 9.75. The Kier molecular flexibility index (Phi) is 5.99. The third kappa shape index (κ3) is 4.56. The van der Waals surface area contributed by atoms with Gasteiger partial charge in [-0.3, -0.25) is 4.79 Å². The first kappa shape index (κ1) is 20.4. The van der Waals surface area contributed by atoms with E-state index in [4.69, 9.17) is 9.26 Å². The van der Waals surface area contributed by atoms with Crippen molar-refractivity contribution in [2.24, 2.45) is 0 Å². The molecule has 150 valence electrons. The lowest BCUT2D eigenvalue weighted by atomic mass is 9.86. The molecule has 1 aliphatic carbocycles. The number of esters is 1. The predicted molar refractivity (Wildman–Crippen MR) is 106 cm³/mol. The first-order chi connectivity index (χ1) is 12.7. The van der Waals surface area contributed by atoms with Crippen LogP contribution in [0.15, 0.2) is 18.2 Å². The van der Waals surface area contributed by atoms with Crippen LogP contribution in [0.1, 0.15) is 64.0 Å². The van der Waals surface area contributed by atoms with Crippen molar-refractivity contribution in [2.45, 2.75) is 70.9 Å². The molecule has 6 nitrogen and oxygen atoms in total. The van der Waals surface area contributed by atoms with E-state index < -0.39 is 13.6 Å². The van der Waals surface area contributed by atoms with E-state index in [9.17, 15) is 9.36 Å². The number of hydrogen-bond donors (Lipinski definition) is 1. The van der Waals surface area contributed by atoms with Crippen molar-refractivity contribution in [2.75, 3.05) is 13.7 Å². The van der Waals surface area contributed by atoms with Crippen LogP contribution in [0.3, 0.4) is 0 Å². The molecule has 0 radical (unpaired) electrons. The summed E-state index contributed by atoms with van der Waals surface area (Å²) in [5.74, 6) is 0.182. The standard InChI is InChI=1S/C20H31N2O4P/c1-20(2,3)16-10-11-18-15(12-16)14-22(17-8-6-5-7-9-17)27(24,26-18)21-13-19(23)25-4/h10-12,17H,5-9,13-14H2,1-4H3,(H,21,24). The van der Waals surface area contributed by atoms with Gasteiger partial charge in [0, 0.05) is 18.2 Å². The molecule has 1 N–H and O–H groups in total. The summed E-state index contributed by atoms with van der Waals surface area (Å²) in [5.41, 5.74) is 2.32. The molecule has 0 amide bonds. The van der Waals surface area contributed by atoms with Gasteiger partial charge in [0.25, 0.3) is 0 Å². The maximum atomic E-state index is 13.7. The molecule has 1 atom stereocenters. The van der Waals surface area contributed by atoms with Crippen LogP contribution in [0.5, 0.6) is 5.75 Å². The molecule has 1 aliphatic heterocycles. The van der Waals surface area contributed by atoms with Gasteiger partial charge < -0.3 is 9.26 Å². The Morgan fingerprint density at radius 3 is 2.63 bits per heavy atom. The molecule has 2 aliphatic rings. The van der Waals surface area contributed by atoms with Gasteiger partial charge in [-0.05, 0) is 29.9 Å². The fraction of sp³-hybridized carbons (Fsp3) is 0.650. The lowest BCUT2D eigenvalue weighted by Crippen LogP contribution is -2.42. The third-order valence-electron chi connectivity index (χ3n) is 5.47. The van der Waals surface area contributed by atoms with Crippen molar-refractivity contribution in [3.63, 3.8) is 0 Å². The molecule has 3 rings (SSSR count). The molecular formula is C20H31N2O4P. The van der Waals surface area contributed by atoms with E-state index in [1.807, 2.05) is 16.8 Å². The number of fused-ring (bicyclic) bond motifs is 1. The average molecular weight is 394 g/mol. The van der Waals surface area contributed by atoms with Crippen molar-refractivity contribution in [3.8, 4) is 5.75 Å². The van der Waals surface area contributed by atoms with Crippen LogP contribution in [0.25, 0.3) is 0 Å². The maximum Gasteiger partial charge on any atom is 0.394 e. The Morgan fingerprint density at radius 2 is 2.00 bits per heavy atom. The summed E-state index contributed by atoms with van der Waals surface area (Å²) in [6, 6.07) is 6.29. The fourth-order valence-electron chi connectivity index (χ4n) is 3.79. The fourth-order valence-corrected chi connectivity index (χ4v) is 5.92. The van der Waals surface area contributed by atoms with Gasteiger partial charge in [-0.15, -0.1) is 0 Å². The molecule has 0 saturated heterocycles. The second kappa shape index (κ2) is 7.94. The van der Waals surface area contributed by atoms with Gasteiger partial charge in [-0.2, -0.15) is 0 Å². The van der Waals surface area contributed by atoms with Crippen LogP contribution in [0.2, 0.25) is 0 Å². The van der Waals surface area contributed by atoms with Gasteiger partial charge in [0.05, 0.1) is 7.11 Å². The normalized spacial score (nSPS) is 24.1. The molecule has 0 spiro atoms.